The Morgan fingerprint density at radius 3 is 2.73 bits per heavy atom. The lowest BCUT2D eigenvalue weighted by molar-refractivity contribution is 0.102. The zero-order chi connectivity index (χ0) is 22.5. The lowest BCUT2D eigenvalue weighted by atomic mass is 10.1. The van der Waals surface area contributed by atoms with E-state index in [-0.39, 0.29) is 5.78 Å². The molecule has 0 spiro atoms. The standard InChI is InChI=1S/C23H16N8OS/c1-11(32)17-2-3-18(33-17)21-20-16(4-5-26-21)28-23(29-20)19-15-7-13(9-27-22(15)31-30-19)12-6-14(24)10-25-8-12/h2-10H,24H2,1H3,(H,28,29)(H,27,30,31). The van der Waals surface area contributed by atoms with E-state index < -0.39 is 0 Å². The predicted octanol–water partition coefficient (Wildman–Crippen LogP) is 4.47. The summed E-state index contributed by atoms with van der Waals surface area (Å²) in [5, 5.41) is 8.25. The van der Waals surface area contributed by atoms with Crippen LogP contribution < -0.4 is 5.73 Å². The fourth-order valence-electron chi connectivity index (χ4n) is 3.74. The number of thiophene rings is 1. The van der Waals surface area contributed by atoms with E-state index in [9.17, 15) is 4.79 Å². The molecule has 6 heterocycles. The topological polar surface area (TPSA) is 139 Å². The molecule has 0 amide bonds. The number of rotatable bonds is 4. The van der Waals surface area contributed by atoms with E-state index in [0.29, 0.717) is 33.2 Å². The third kappa shape index (κ3) is 3.24. The summed E-state index contributed by atoms with van der Waals surface area (Å²) < 4.78 is 0. The number of nitrogens with zero attached hydrogens (tertiary/aromatic N) is 5. The Balaban J connectivity index is 1.48. The number of Topliss-reactive ketones (excluding diaryl/α,β-unsaturated/α-hetero) is 1. The Hall–Kier alpha value is -4.44. The molecule has 33 heavy (non-hydrogen) atoms. The zero-order valence-corrected chi connectivity index (χ0v) is 18.1. The predicted molar refractivity (Wildman–Crippen MR) is 128 cm³/mol. The van der Waals surface area contributed by atoms with Gasteiger partial charge in [-0.2, -0.15) is 5.10 Å². The summed E-state index contributed by atoms with van der Waals surface area (Å²) in [4.78, 5) is 34.6. The lowest BCUT2D eigenvalue weighted by Gasteiger charge is -2.02. The van der Waals surface area contributed by atoms with E-state index in [1.54, 1.807) is 31.7 Å². The molecule has 0 aliphatic heterocycles. The van der Waals surface area contributed by atoms with Gasteiger partial charge in [0.05, 0.1) is 26.3 Å². The molecule has 0 saturated carbocycles. The number of nitrogens with two attached hydrogens (primary N) is 1. The van der Waals surface area contributed by atoms with Crippen LogP contribution in [0.15, 0.2) is 55.1 Å². The maximum atomic E-state index is 11.7. The van der Waals surface area contributed by atoms with Crippen molar-refractivity contribution in [1.29, 1.82) is 0 Å². The molecule has 0 aliphatic rings. The van der Waals surface area contributed by atoms with Crippen molar-refractivity contribution in [2.24, 2.45) is 0 Å². The van der Waals surface area contributed by atoms with Crippen molar-refractivity contribution < 1.29 is 4.79 Å². The van der Waals surface area contributed by atoms with Crippen LogP contribution in [0.3, 0.4) is 0 Å². The van der Waals surface area contributed by atoms with Crippen LogP contribution in [0.4, 0.5) is 5.69 Å². The van der Waals surface area contributed by atoms with E-state index in [1.807, 2.05) is 30.3 Å². The smallest absolute Gasteiger partial charge is 0.169 e. The Labute approximate surface area is 190 Å². The van der Waals surface area contributed by atoms with Crippen LogP contribution in [0.5, 0.6) is 0 Å². The molecule has 0 aliphatic carbocycles. The Bertz CT molecular complexity index is 1680. The molecular formula is C23H16N8OS. The van der Waals surface area contributed by atoms with Gasteiger partial charge in [0.2, 0.25) is 0 Å². The van der Waals surface area contributed by atoms with E-state index in [0.717, 1.165) is 32.6 Å². The number of H-pyrrole nitrogens is 2. The number of fused-ring (bicyclic) bond motifs is 2. The van der Waals surface area contributed by atoms with Gasteiger partial charge in [0.15, 0.2) is 17.3 Å². The Morgan fingerprint density at radius 1 is 1.03 bits per heavy atom. The van der Waals surface area contributed by atoms with Crippen LogP contribution in [-0.4, -0.2) is 40.9 Å². The van der Waals surface area contributed by atoms with Crippen molar-refractivity contribution >= 4 is 44.9 Å². The number of ketones is 1. The summed E-state index contributed by atoms with van der Waals surface area (Å²) in [7, 11) is 0. The van der Waals surface area contributed by atoms with Crippen molar-refractivity contribution in [2.75, 3.05) is 5.73 Å². The van der Waals surface area contributed by atoms with E-state index >= 15 is 0 Å². The molecule has 0 atom stereocenters. The monoisotopic (exact) mass is 452 g/mol. The van der Waals surface area contributed by atoms with Gasteiger partial charge in [-0.15, -0.1) is 11.3 Å². The van der Waals surface area contributed by atoms with Gasteiger partial charge < -0.3 is 10.7 Å². The number of pyridine rings is 3. The first-order valence-corrected chi connectivity index (χ1v) is 10.9. The summed E-state index contributed by atoms with van der Waals surface area (Å²) >= 11 is 1.41. The van der Waals surface area contributed by atoms with Gasteiger partial charge in [-0.1, -0.05) is 0 Å². The minimum Gasteiger partial charge on any atom is -0.397 e. The highest BCUT2D eigenvalue weighted by Gasteiger charge is 2.18. The van der Waals surface area contributed by atoms with Crippen molar-refractivity contribution in [1.82, 2.24) is 35.1 Å². The van der Waals surface area contributed by atoms with Crippen LogP contribution in [0.2, 0.25) is 0 Å². The first-order valence-electron chi connectivity index (χ1n) is 10.1. The summed E-state index contributed by atoms with van der Waals surface area (Å²) in [6.07, 6.45) is 6.83. The number of carbonyl (C=O) groups excluding carboxylic acids is 1. The van der Waals surface area contributed by atoms with Gasteiger partial charge in [-0.25, -0.2) is 9.97 Å². The van der Waals surface area contributed by atoms with Crippen LogP contribution in [0.25, 0.3) is 55.3 Å². The largest absolute Gasteiger partial charge is 0.397 e. The molecule has 6 aromatic rings. The van der Waals surface area contributed by atoms with Gasteiger partial charge in [0.1, 0.15) is 16.9 Å². The molecule has 10 heteroatoms. The van der Waals surface area contributed by atoms with Gasteiger partial charge in [0.25, 0.3) is 0 Å². The van der Waals surface area contributed by atoms with Crippen LogP contribution >= 0.6 is 11.3 Å². The molecule has 160 valence electrons. The van der Waals surface area contributed by atoms with Crippen molar-refractivity contribution in [3.05, 3.63) is 60.0 Å². The molecule has 0 aromatic carbocycles. The molecule has 0 fully saturated rings. The van der Waals surface area contributed by atoms with Crippen molar-refractivity contribution in [2.45, 2.75) is 6.92 Å². The molecule has 0 radical (unpaired) electrons. The maximum absolute atomic E-state index is 11.7. The fourth-order valence-corrected chi connectivity index (χ4v) is 4.64. The van der Waals surface area contributed by atoms with Gasteiger partial charge in [-0.05, 0) is 37.3 Å². The first-order chi connectivity index (χ1) is 16.1. The van der Waals surface area contributed by atoms with Crippen LogP contribution in [0, 0.1) is 0 Å². The van der Waals surface area contributed by atoms with Gasteiger partial charge >= 0.3 is 0 Å². The lowest BCUT2D eigenvalue weighted by Crippen LogP contribution is -1.89. The molecule has 0 saturated heterocycles. The number of anilines is 1. The number of aromatic amines is 2. The van der Waals surface area contributed by atoms with Crippen LogP contribution in [-0.2, 0) is 0 Å². The Kier molecular flexibility index (Phi) is 4.27. The molecular weight excluding hydrogens is 436 g/mol. The molecule has 6 rings (SSSR count). The highest BCUT2D eigenvalue weighted by atomic mass is 32.1. The minimum absolute atomic E-state index is 0.0304. The first kappa shape index (κ1) is 19.3. The number of aromatic nitrogens is 7. The SMILES string of the molecule is CC(=O)c1ccc(-c2nccc3[nH]c(-c4n[nH]c5ncc(-c6cncc(N)c6)cc45)nc23)s1. The number of hydrogen-bond acceptors (Lipinski definition) is 8. The second-order valence-corrected chi connectivity index (χ2v) is 8.64. The minimum atomic E-state index is 0.0304. The maximum Gasteiger partial charge on any atom is 0.169 e. The van der Waals surface area contributed by atoms with Crippen LogP contribution in [0.1, 0.15) is 16.6 Å². The van der Waals surface area contributed by atoms with E-state index in [1.165, 1.54) is 11.3 Å². The molecule has 0 bridgehead atoms. The zero-order valence-electron chi connectivity index (χ0n) is 17.3. The second-order valence-electron chi connectivity index (χ2n) is 7.56. The summed E-state index contributed by atoms with van der Waals surface area (Å²) in [5.74, 6) is 0.626. The number of imidazole rings is 1. The van der Waals surface area contributed by atoms with Gasteiger partial charge in [0, 0.05) is 35.9 Å². The van der Waals surface area contributed by atoms with Crippen molar-refractivity contribution in [3.63, 3.8) is 0 Å². The summed E-state index contributed by atoms with van der Waals surface area (Å²) in [6, 6.07) is 9.42. The highest BCUT2D eigenvalue weighted by Crippen LogP contribution is 2.34. The third-order valence-electron chi connectivity index (χ3n) is 5.32. The molecule has 6 aromatic heterocycles. The average molecular weight is 453 g/mol. The molecule has 4 N–H and O–H groups in total. The highest BCUT2D eigenvalue weighted by molar-refractivity contribution is 7.17. The number of nitrogens with one attached hydrogen (secondary N) is 2. The van der Waals surface area contributed by atoms with E-state index in [4.69, 9.17) is 10.7 Å². The molecule has 9 nitrogen and oxygen atoms in total. The van der Waals surface area contributed by atoms with Crippen molar-refractivity contribution in [3.8, 4) is 33.2 Å². The number of nitrogen functional groups attached to an aromatic ring is 1. The second kappa shape index (κ2) is 7.31. The average Bonchev–Trinajstić information content (AvgIpc) is 3.55. The normalized spacial score (nSPS) is 11.4. The van der Waals surface area contributed by atoms with Gasteiger partial charge in [-0.3, -0.25) is 19.9 Å². The molecule has 0 unspecified atom stereocenters. The van der Waals surface area contributed by atoms with E-state index in [2.05, 4.69) is 30.1 Å². The fraction of sp³-hybridized carbons (Fsp3) is 0.0435. The summed E-state index contributed by atoms with van der Waals surface area (Å²) in [5.41, 5.74) is 11.8. The number of hydrogen-bond donors (Lipinski definition) is 3. The summed E-state index contributed by atoms with van der Waals surface area (Å²) in [6.45, 7) is 1.56. The third-order valence-corrected chi connectivity index (χ3v) is 6.51. The number of carbonyl (C=O) groups is 1. The quantitative estimate of drug-likeness (QED) is 0.335. The Morgan fingerprint density at radius 2 is 1.91 bits per heavy atom.